The summed E-state index contributed by atoms with van der Waals surface area (Å²) in [5.41, 5.74) is 0.189. The molecule has 1 aromatic heterocycles. The summed E-state index contributed by atoms with van der Waals surface area (Å²) in [6, 6.07) is 1.48. The van der Waals surface area contributed by atoms with Crippen LogP contribution in [0.5, 0.6) is 0 Å². The summed E-state index contributed by atoms with van der Waals surface area (Å²) in [5, 5.41) is 2.25. The van der Waals surface area contributed by atoms with E-state index in [9.17, 15) is 9.70 Å². The highest BCUT2D eigenvalue weighted by atomic mass is 79.9. The zero-order valence-electron chi connectivity index (χ0n) is 5.32. The summed E-state index contributed by atoms with van der Waals surface area (Å²) in [4.78, 5) is 24.1. The minimum absolute atomic E-state index is 0.189. The van der Waals surface area contributed by atoms with Gasteiger partial charge in [-0.2, -0.15) is 0 Å². The molecule has 0 N–H and O–H groups in total. The van der Waals surface area contributed by atoms with Gasteiger partial charge in [-0.05, 0) is 22.0 Å². The summed E-state index contributed by atoms with van der Waals surface area (Å²) in [6.45, 7) is 0. The molecule has 5 heteroatoms. The smallest absolute Gasteiger partial charge is 0.263 e. The van der Waals surface area contributed by atoms with Crippen LogP contribution in [0.1, 0.15) is 10.4 Å². The second-order valence-corrected chi connectivity index (χ2v) is 2.70. The van der Waals surface area contributed by atoms with Gasteiger partial charge in [-0.3, -0.25) is 9.78 Å². The summed E-state index contributed by atoms with van der Waals surface area (Å²) in [7, 11) is 0. The van der Waals surface area contributed by atoms with Gasteiger partial charge in [0, 0.05) is 22.0 Å². The van der Waals surface area contributed by atoms with Gasteiger partial charge in [0.25, 0.3) is 0 Å². The monoisotopic (exact) mass is 214 g/mol. The summed E-state index contributed by atoms with van der Waals surface area (Å²) in [6.07, 6.45) is 2.80. The van der Waals surface area contributed by atoms with Gasteiger partial charge in [0.1, 0.15) is 0 Å². The molecule has 0 aliphatic rings. The first-order valence-electron chi connectivity index (χ1n) is 2.72. The lowest BCUT2D eigenvalue weighted by atomic mass is 10.3. The third-order valence-corrected chi connectivity index (χ3v) is 1.47. The van der Waals surface area contributed by atoms with Crippen LogP contribution in [0.25, 0.3) is 0 Å². The molecular weight excluding hydrogens is 212 g/mol. The number of hydrogen-bond acceptors (Lipinski definition) is 3. The van der Waals surface area contributed by atoms with E-state index in [1.807, 2.05) is 0 Å². The van der Waals surface area contributed by atoms with Crippen LogP contribution in [0.15, 0.2) is 28.1 Å². The lowest BCUT2D eigenvalue weighted by molar-refractivity contribution is 0.100. The molecule has 0 saturated heterocycles. The molecule has 0 bridgehead atoms. The maximum absolute atomic E-state index is 10.6. The van der Waals surface area contributed by atoms with Gasteiger partial charge in [0.15, 0.2) is 0 Å². The molecule has 1 rings (SSSR count). The second kappa shape index (κ2) is 3.34. The van der Waals surface area contributed by atoms with Gasteiger partial charge < -0.3 is 0 Å². The van der Waals surface area contributed by atoms with E-state index >= 15 is 0 Å². The van der Waals surface area contributed by atoms with E-state index in [1.165, 1.54) is 18.5 Å². The number of amides is 1. The van der Waals surface area contributed by atoms with Gasteiger partial charge in [-0.15, -0.1) is 4.91 Å². The summed E-state index contributed by atoms with van der Waals surface area (Å²) in [5.74, 6) is -0.807. The van der Waals surface area contributed by atoms with Crippen molar-refractivity contribution in [3.05, 3.63) is 33.4 Å². The van der Waals surface area contributed by atoms with Crippen LogP contribution in [-0.2, 0) is 0 Å². The Kier molecular flexibility index (Phi) is 2.43. The van der Waals surface area contributed by atoms with Gasteiger partial charge in [0.05, 0.1) is 5.56 Å². The van der Waals surface area contributed by atoms with Crippen molar-refractivity contribution in [1.29, 1.82) is 0 Å². The molecule has 0 fully saturated rings. The third kappa shape index (κ3) is 1.91. The molecule has 0 unspecified atom stereocenters. The van der Waals surface area contributed by atoms with Crippen LogP contribution >= 0.6 is 15.9 Å². The number of aromatic nitrogens is 1. The summed E-state index contributed by atoms with van der Waals surface area (Å²) < 4.78 is 0.645. The van der Waals surface area contributed by atoms with E-state index in [-0.39, 0.29) is 5.56 Å². The van der Waals surface area contributed by atoms with Gasteiger partial charge in [-0.1, -0.05) is 0 Å². The molecule has 1 amide bonds. The fourth-order valence-electron chi connectivity index (χ4n) is 0.582. The fraction of sp³-hybridized carbons (Fsp3) is 0. The van der Waals surface area contributed by atoms with E-state index in [1.54, 1.807) is 0 Å². The Morgan fingerprint density at radius 2 is 2.27 bits per heavy atom. The van der Waals surface area contributed by atoms with Crippen molar-refractivity contribution in [3.8, 4) is 0 Å². The van der Waals surface area contributed by atoms with Crippen LogP contribution in [0.3, 0.4) is 0 Å². The number of pyridine rings is 1. The minimum atomic E-state index is -0.807. The van der Waals surface area contributed by atoms with E-state index in [4.69, 9.17) is 0 Å². The topological polar surface area (TPSA) is 59.4 Å². The minimum Gasteiger partial charge on any atom is -0.263 e. The van der Waals surface area contributed by atoms with Crippen LogP contribution in [0.2, 0.25) is 0 Å². The standard InChI is InChI=1S/C6H3BrN2O2/c7-5-1-4(2-8-3-5)6(10)9-11/h1-3H. The van der Waals surface area contributed by atoms with Crippen LogP contribution in [-0.4, -0.2) is 10.9 Å². The average molecular weight is 215 g/mol. The Morgan fingerprint density at radius 1 is 1.55 bits per heavy atom. The predicted molar refractivity (Wildman–Crippen MR) is 42.1 cm³/mol. The zero-order chi connectivity index (χ0) is 8.27. The van der Waals surface area contributed by atoms with Crippen molar-refractivity contribution in [2.75, 3.05) is 0 Å². The maximum atomic E-state index is 10.6. The number of rotatable bonds is 1. The Labute approximate surface area is 70.7 Å². The molecule has 1 heterocycles. The fourth-order valence-corrected chi connectivity index (χ4v) is 0.946. The molecule has 11 heavy (non-hydrogen) atoms. The molecule has 56 valence electrons. The predicted octanol–water partition coefficient (Wildman–Crippen LogP) is 1.75. The van der Waals surface area contributed by atoms with Gasteiger partial charge >= 0.3 is 5.91 Å². The first-order chi connectivity index (χ1) is 5.24. The van der Waals surface area contributed by atoms with Crippen molar-refractivity contribution < 1.29 is 4.79 Å². The van der Waals surface area contributed by atoms with E-state index < -0.39 is 5.91 Å². The highest BCUT2D eigenvalue weighted by molar-refractivity contribution is 9.10. The Balaban J connectivity index is 3.05. The number of carbonyl (C=O) groups is 1. The molecule has 1 aromatic rings. The maximum Gasteiger partial charge on any atom is 0.318 e. The van der Waals surface area contributed by atoms with Crippen molar-refractivity contribution in [1.82, 2.24) is 4.98 Å². The van der Waals surface area contributed by atoms with E-state index in [0.717, 1.165) is 0 Å². The van der Waals surface area contributed by atoms with Crippen molar-refractivity contribution in [2.24, 2.45) is 5.18 Å². The second-order valence-electron chi connectivity index (χ2n) is 1.79. The Bertz CT molecular complexity index is 300. The number of nitrogens with zero attached hydrogens (tertiary/aromatic N) is 2. The molecular formula is C6H3BrN2O2. The van der Waals surface area contributed by atoms with E-state index in [0.29, 0.717) is 4.47 Å². The molecule has 0 aromatic carbocycles. The molecule has 0 saturated carbocycles. The van der Waals surface area contributed by atoms with Crippen LogP contribution in [0, 0.1) is 4.91 Å². The van der Waals surface area contributed by atoms with Crippen LogP contribution in [0.4, 0.5) is 0 Å². The highest BCUT2D eigenvalue weighted by Crippen LogP contribution is 2.09. The number of halogens is 1. The lowest BCUT2D eigenvalue weighted by Gasteiger charge is -1.91. The molecule has 0 aliphatic heterocycles. The number of nitroso groups, excluding NO2 is 1. The number of carbonyl (C=O) groups excluding carboxylic acids is 1. The normalized spacial score (nSPS) is 9.18. The van der Waals surface area contributed by atoms with Crippen molar-refractivity contribution in [3.63, 3.8) is 0 Å². The SMILES string of the molecule is O=NC(=O)c1cncc(Br)c1. The number of hydrogen-bond donors (Lipinski definition) is 0. The molecule has 0 radical (unpaired) electrons. The van der Waals surface area contributed by atoms with Crippen molar-refractivity contribution >= 4 is 21.8 Å². The molecule has 4 nitrogen and oxygen atoms in total. The van der Waals surface area contributed by atoms with Crippen LogP contribution < -0.4 is 0 Å². The third-order valence-electron chi connectivity index (χ3n) is 1.03. The average Bonchev–Trinajstić information content (AvgIpc) is 2.03. The van der Waals surface area contributed by atoms with E-state index in [2.05, 4.69) is 26.1 Å². The first-order valence-corrected chi connectivity index (χ1v) is 3.51. The lowest BCUT2D eigenvalue weighted by Crippen LogP contribution is -1.93. The Morgan fingerprint density at radius 3 is 2.82 bits per heavy atom. The summed E-state index contributed by atoms with van der Waals surface area (Å²) >= 11 is 3.10. The first kappa shape index (κ1) is 8.00. The van der Waals surface area contributed by atoms with Crippen molar-refractivity contribution in [2.45, 2.75) is 0 Å². The quantitative estimate of drug-likeness (QED) is 0.670. The molecule has 0 aliphatic carbocycles. The van der Waals surface area contributed by atoms with Gasteiger partial charge in [0.2, 0.25) is 0 Å². The molecule has 0 spiro atoms. The zero-order valence-corrected chi connectivity index (χ0v) is 6.91. The largest absolute Gasteiger partial charge is 0.318 e. The molecule has 0 atom stereocenters. The Hall–Kier alpha value is -1.10. The highest BCUT2D eigenvalue weighted by Gasteiger charge is 2.04. The van der Waals surface area contributed by atoms with Gasteiger partial charge in [-0.25, -0.2) is 0 Å².